The minimum atomic E-state index is -0.278. The number of amides is 1. The van der Waals surface area contributed by atoms with Crippen LogP contribution in [0.25, 0.3) is 0 Å². The van der Waals surface area contributed by atoms with Gasteiger partial charge in [0.25, 0.3) is 0 Å². The predicted octanol–water partition coefficient (Wildman–Crippen LogP) is 1.09. The van der Waals surface area contributed by atoms with Crippen LogP contribution in [0.3, 0.4) is 0 Å². The summed E-state index contributed by atoms with van der Waals surface area (Å²) in [5.41, 5.74) is 0. The molecular formula is C16H25ClN4O2. The summed E-state index contributed by atoms with van der Waals surface area (Å²) in [6, 6.07) is 3.57. The van der Waals surface area contributed by atoms with Crippen molar-refractivity contribution in [2.75, 3.05) is 51.2 Å². The average Bonchev–Trinajstić information content (AvgIpc) is 2.55. The first-order valence-electron chi connectivity index (χ1n) is 8.00. The van der Waals surface area contributed by atoms with Crippen molar-refractivity contribution < 1.29 is 9.90 Å². The smallest absolute Gasteiger partial charge is 0.242 e. The monoisotopic (exact) mass is 340 g/mol. The number of carbonyl (C=O) groups is 1. The van der Waals surface area contributed by atoms with Crippen LogP contribution in [0.15, 0.2) is 18.3 Å². The van der Waals surface area contributed by atoms with Crippen LogP contribution in [-0.2, 0) is 4.79 Å². The van der Waals surface area contributed by atoms with Gasteiger partial charge in [0.2, 0.25) is 5.91 Å². The zero-order valence-corrected chi connectivity index (χ0v) is 14.5. The molecule has 2 heterocycles. The van der Waals surface area contributed by atoms with Gasteiger partial charge in [0.1, 0.15) is 5.82 Å². The van der Waals surface area contributed by atoms with E-state index in [4.69, 9.17) is 11.6 Å². The Bertz CT molecular complexity index is 503. The Hall–Kier alpha value is -1.37. The van der Waals surface area contributed by atoms with E-state index < -0.39 is 0 Å². The maximum absolute atomic E-state index is 12.4. The fourth-order valence-electron chi connectivity index (χ4n) is 2.58. The normalized spacial score (nSPS) is 17.1. The van der Waals surface area contributed by atoms with Gasteiger partial charge in [-0.1, -0.05) is 18.5 Å². The molecule has 0 saturated carbocycles. The maximum atomic E-state index is 12.4. The van der Waals surface area contributed by atoms with Gasteiger partial charge < -0.3 is 14.9 Å². The highest BCUT2D eigenvalue weighted by Crippen LogP contribution is 2.13. The Morgan fingerprint density at radius 1 is 1.39 bits per heavy atom. The van der Waals surface area contributed by atoms with Crippen LogP contribution in [0.4, 0.5) is 5.82 Å². The van der Waals surface area contributed by atoms with Crippen molar-refractivity contribution in [1.29, 1.82) is 0 Å². The van der Waals surface area contributed by atoms with Crippen LogP contribution in [0.1, 0.15) is 13.3 Å². The fraction of sp³-hybridized carbons (Fsp3) is 0.625. The first-order chi connectivity index (χ1) is 11.0. The van der Waals surface area contributed by atoms with Gasteiger partial charge in [-0.05, 0) is 18.6 Å². The van der Waals surface area contributed by atoms with Crippen molar-refractivity contribution in [3.05, 3.63) is 23.4 Å². The molecule has 7 heteroatoms. The highest BCUT2D eigenvalue weighted by Gasteiger charge is 2.23. The lowest BCUT2D eigenvalue weighted by Crippen LogP contribution is -2.52. The van der Waals surface area contributed by atoms with Crippen LogP contribution >= 0.6 is 11.6 Å². The Morgan fingerprint density at radius 2 is 2.09 bits per heavy atom. The molecule has 1 N–H and O–H groups in total. The first kappa shape index (κ1) is 18.0. The molecule has 6 nitrogen and oxygen atoms in total. The summed E-state index contributed by atoms with van der Waals surface area (Å²) in [4.78, 5) is 22.5. The number of piperazine rings is 1. The average molecular weight is 341 g/mol. The lowest BCUT2D eigenvalue weighted by atomic mass is 10.2. The molecule has 0 aliphatic carbocycles. The summed E-state index contributed by atoms with van der Waals surface area (Å²) in [6.07, 6.45) is 2.06. The first-order valence-corrected chi connectivity index (χ1v) is 8.38. The van der Waals surface area contributed by atoms with Crippen LogP contribution in [-0.4, -0.2) is 78.2 Å². The van der Waals surface area contributed by atoms with E-state index >= 15 is 0 Å². The summed E-state index contributed by atoms with van der Waals surface area (Å²) in [5, 5.41) is 10.3. The summed E-state index contributed by atoms with van der Waals surface area (Å²) in [6.45, 7) is 6.00. The molecule has 1 saturated heterocycles. The molecule has 0 radical (unpaired) electrons. The summed E-state index contributed by atoms with van der Waals surface area (Å²) in [7, 11) is 1.85. The van der Waals surface area contributed by atoms with E-state index in [9.17, 15) is 9.90 Å². The summed E-state index contributed by atoms with van der Waals surface area (Å²) in [5.74, 6) is 0.826. The quantitative estimate of drug-likeness (QED) is 0.840. The fourth-order valence-corrected chi connectivity index (χ4v) is 2.70. The van der Waals surface area contributed by atoms with Gasteiger partial charge in [-0.15, -0.1) is 0 Å². The zero-order valence-electron chi connectivity index (χ0n) is 13.8. The van der Waals surface area contributed by atoms with E-state index in [1.807, 2.05) is 23.8 Å². The van der Waals surface area contributed by atoms with Crippen molar-refractivity contribution in [2.24, 2.45) is 0 Å². The van der Waals surface area contributed by atoms with E-state index in [1.54, 1.807) is 18.3 Å². The third-order valence-corrected chi connectivity index (χ3v) is 4.36. The van der Waals surface area contributed by atoms with E-state index in [0.29, 0.717) is 31.2 Å². The van der Waals surface area contributed by atoms with E-state index in [0.717, 1.165) is 25.3 Å². The summed E-state index contributed by atoms with van der Waals surface area (Å²) < 4.78 is 0. The lowest BCUT2D eigenvalue weighted by molar-refractivity contribution is -0.131. The maximum Gasteiger partial charge on any atom is 0.242 e. The SMILES string of the molecule is CC[C@@H](O)CN1CCN(C(=O)CN(C)c2ccc(Cl)cn2)CC1. The standard InChI is InChI=1S/C16H25ClN4O2/c1-3-14(22)11-20-6-8-21(9-7-20)16(23)12-19(2)15-5-4-13(17)10-18-15/h4-5,10,14,22H,3,6-9,11-12H2,1-2H3/t14-/m1/s1. The van der Waals surface area contributed by atoms with Crippen LogP contribution in [0.5, 0.6) is 0 Å². The number of nitrogens with zero attached hydrogens (tertiary/aromatic N) is 4. The number of anilines is 1. The molecule has 0 bridgehead atoms. The number of halogens is 1. The van der Waals surface area contributed by atoms with Crippen LogP contribution in [0.2, 0.25) is 5.02 Å². The van der Waals surface area contributed by atoms with Crippen molar-refractivity contribution in [1.82, 2.24) is 14.8 Å². The van der Waals surface area contributed by atoms with Gasteiger partial charge in [-0.3, -0.25) is 9.69 Å². The minimum absolute atomic E-state index is 0.0972. The molecule has 1 amide bonds. The number of likely N-dealkylation sites (N-methyl/N-ethyl adjacent to an activating group) is 1. The van der Waals surface area contributed by atoms with Gasteiger partial charge >= 0.3 is 0 Å². The van der Waals surface area contributed by atoms with Gasteiger partial charge in [0, 0.05) is 46.0 Å². The minimum Gasteiger partial charge on any atom is -0.392 e. The second-order valence-electron chi connectivity index (χ2n) is 5.93. The molecule has 1 fully saturated rings. The molecule has 1 atom stereocenters. The van der Waals surface area contributed by atoms with Crippen molar-refractivity contribution in [2.45, 2.75) is 19.4 Å². The van der Waals surface area contributed by atoms with Crippen LogP contribution < -0.4 is 4.90 Å². The molecule has 128 valence electrons. The molecule has 0 aromatic carbocycles. The molecular weight excluding hydrogens is 316 g/mol. The highest BCUT2D eigenvalue weighted by molar-refractivity contribution is 6.30. The van der Waals surface area contributed by atoms with E-state index in [2.05, 4.69) is 9.88 Å². The van der Waals surface area contributed by atoms with Crippen molar-refractivity contribution >= 4 is 23.3 Å². The number of hydrogen-bond donors (Lipinski definition) is 1. The molecule has 1 aliphatic rings. The van der Waals surface area contributed by atoms with Gasteiger partial charge in [0.15, 0.2) is 0 Å². The highest BCUT2D eigenvalue weighted by atomic mass is 35.5. The molecule has 0 unspecified atom stereocenters. The Morgan fingerprint density at radius 3 is 2.65 bits per heavy atom. The van der Waals surface area contributed by atoms with Gasteiger partial charge in [0.05, 0.1) is 17.7 Å². The third kappa shape index (κ3) is 5.34. The lowest BCUT2D eigenvalue weighted by Gasteiger charge is -2.36. The molecule has 23 heavy (non-hydrogen) atoms. The number of β-amino-alcohol motifs (C(OH)–C–C–N with tert-alkyl or cyclic N) is 1. The van der Waals surface area contributed by atoms with Crippen LogP contribution in [0, 0.1) is 0 Å². The number of rotatable bonds is 6. The molecule has 2 rings (SSSR count). The second kappa shape index (κ2) is 8.47. The molecule has 1 aliphatic heterocycles. The van der Waals surface area contributed by atoms with Crippen molar-refractivity contribution in [3.8, 4) is 0 Å². The Balaban J connectivity index is 1.79. The number of hydrogen-bond acceptors (Lipinski definition) is 5. The van der Waals surface area contributed by atoms with Crippen molar-refractivity contribution in [3.63, 3.8) is 0 Å². The zero-order chi connectivity index (χ0) is 16.8. The topological polar surface area (TPSA) is 59.9 Å². The number of aromatic nitrogens is 1. The molecule has 1 aromatic heterocycles. The molecule has 0 spiro atoms. The number of carbonyl (C=O) groups excluding carboxylic acids is 1. The number of aliphatic hydroxyl groups excluding tert-OH is 1. The Labute approximate surface area is 142 Å². The largest absolute Gasteiger partial charge is 0.392 e. The van der Waals surface area contributed by atoms with E-state index in [1.165, 1.54) is 0 Å². The van der Waals surface area contributed by atoms with Gasteiger partial charge in [-0.2, -0.15) is 0 Å². The number of pyridine rings is 1. The second-order valence-corrected chi connectivity index (χ2v) is 6.37. The predicted molar refractivity (Wildman–Crippen MR) is 91.8 cm³/mol. The number of aliphatic hydroxyl groups is 1. The molecule has 1 aromatic rings. The Kier molecular flexibility index (Phi) is 6.62. The third-order valence-electron chi connectivity index (χ3n) is 4.14. The van der Waals surface area contributed by atoms with Gasteiger partial charge in [-0.25, -0.2) is 4.98 Å². The van der Waals surface area contributed by atoms with E-state index in [-0.39, 0.29) is 12.0 Å². The summed E-state index contributed by atoms with van der Waals surface area (Å²) >= 11 is 5.83.